The van der Waals surface area contributed by atoms with E-state index in [1.807, 2.05) is 36.4 Å². The Bertz CT molecular complexity index is 714. The normalized spacial score (nSPS) is 12.2. The summed E-state index contributed by atoms with van der Waals surface area (Å²) in [6.07, 6.45) is 1.64. The summed E-state index contributed by atoms with van der Waals surface area (Å²) >= 11 is 1.45. The van der Waals surface area contributed by atoms with E-state index in [2.05, 4.69) is 15.0 Å². The van der Waals surface area contributed by atoms with Gasteiger partial charge in [0.05, 0.1) is 24.0 Å². The van der Waals surface area contributed by atoms with Gasteiger partial charge >= 0.3 is 0 Å². The van der Waals surface area contributed by atoms with Crippen molar-refractivity contribution in [1.82, 2.24) is 10.0 Å². The van der Waals surface area contributed by atoms with Gasteiger partial charge in [-0.1, -0.05) is 12.1 Å². The Morgan fingerprint density at radius 1 is 1.27 bits per heavy atom. The highest BCUT2D eigenvalue weighted by atomic mass is 32.2. The van der Waals surface area contributed by atoms with Crippen LogP contribution in [0.1, 0.15) is 15.9 Å². The van der Waals surface area contributed by atoms with Crippen molar-refractivity contribution in [2.75, 3.05) is 7.11 Å². The lowest BCUT2D eigenvalue weighted by Gasteiger charge is -2.12. The Hall–Kier alpha value is -2.47. The van der Waals surface area contributed by atoms with Crippen LogP contribution in [0.4, 0.5) is 5.69 Å². The molecule has 22 heavy (non-hydrogen) atoms. The minimum atomic E-state index is -0.103. The lowest BCUT2D eigenvalue weighted by molar-refractivity contribution is 0.0950. The van der Waals surface area contributed by atoms with E-state index in [9.17, 15) is 4.79 Å². The third-order valence-corrected chi connectivity index (χ3v) is 4.03. The number of fused-ring (bicyclic) bond motifs is 1. The van der Waals surface area contributed by atoms with Crippen molar-refractivity contribution in [1.29, 1.82) is 0 Å². The minimum Gasteiger partial charge on any atom is -0.497 e. The molecule has 1 amide bonds. The minimum absolute atomic E-state index is 0.103. The van der Waals surface area contributed by atoms with Gasteiger partial charge in [-0.2, -0.15) is 0 Å². The second-order valence-corrected chi connectivity index (χ2v) is 5.57. The van der Waals surface area contributed by atoms with Gasteiger partial charge in [0.2, 0.25) is 0 Å². The Kier molecular flexibility index (Phi) is 4.29. The lowest BCUT2D eigenvalue weighted by atomic mass is 10.1. The molecule has 0 saturated heterocycles. The highest BCUT2D eigenvalue weighted by Crippen LogP contribution is 2.30. The number of ether oxygens (including phenoxy) is 1. The maximum atomic E-state index is 12.2. The quantitative estimate of drug-likeness (QED) is 0.852. The van der Waals surface area contributed by atoms with Crippen LogP contribution in [0.15, 0.2) is 52.4 Å². The molecule has 6 heteroatoms. The molecule has 0 radical (unpaired) electrons. The number of benzene rings is 2. The zero-order chi connectivity index (χ0) is 15.4. The highest BCUT2D eigenvalue weighted by Gasteiger charge is 2.11. The molecule has 2 N–H and O–H groups in total. The van der Waals surface area contributed by atoms with Crippen LogP contribution < -0.4 is 14.8 Å². The summed E-state index contributed by atoms with van der Waals surface area (Å²) in [6.45, 7) is 0.476. The second kappa shape index (κ2) is 6.53. The molecule has 2 aromatic carbocycles. The molecule has 1 aliphatic rings. The van der Waals surface area contributed by atoms with Crippen LogP contribution in [0, 0.1) is 0 Å². The Balaban J connectivity index is 1.65. The molecule has 0 aliphatic carbocycles. The van der Waals surface area contributed by atoms with Gasteiger partial charge in [0.1, 0.15) is 5.75 Å². The maximum absolute atomic E-state index is 12.2. The largest absolute Gasteiger partial charge is 0.497 e. The van der Waals surface area contributed by atoms with E-state index in [-0.39, 0.29) is 5.91 Å². The number of nitrogens with zero attached hydrogens (tertiary/aromatic N) is 1. The molecule has 0 atom stereocenters. The zero-order valence-electron chi connectivity index (χ0n) is 12.0. The van der Waals surface area contributed by atoms with Crippen LogP contribution in [-0.4, -0.2) is 19.4 Å². The fourth-order valence-corrected chi connectivity index (χ4v) is 2.70. The molecule has 5 nitrogen and oxygen atoms in total. The molecule has 0 unspecified atom stereocenters. The lowest BCUT2D eigenvalue weighted by Crippen LogP contribution is -2.22. The highest BCUT2D eigenvalue weighted by molar-refractivity contribution is 7.98. The topological polar surface area (TPSA) is 62.7 Å². The standard InChI is InChI=1S/C16H15N3O2S/c1-21-13-5-2-11(3-6-13)9-17-16(20)12-4-7-14-15(8-12)22-19-10-18-14/h2-8,10H,9H2,1H3,(H,17,20)(H,18,19). The first-order valence-electron chi connectivity index (χ1n) is 6.76. The molecular weight excluding hydrogens is 298 g/mol. The molecule has 0 aromatic heterocycles. The van der Waals surface area contributed by atoms with Gasteiger partial charge in [-0.3, -0.25) is 4.79 Å². The maximum Gasteiger partial charge on any atom is 0.251 e. The summed E-state index contributed by atoms with van der Waals surface area (Å²) in [4.78, 5) is 17.4. The van der Waals surface area contributed by atoms with E-state index in [4.69, 9.17) is 4.74 Å². The van der Waals surface area contributed by atoms with Gasteiger partial charge in [0, 0.05) is 12.1 Å². The number of aliphatic imine (C=N–C) groups is 1. The SMILES string of the molecule is COc1ccc(CNC(=O)c2ccc3c(c2)SNC=N3)cc1. The predicted octanol–water partition coefficient (Wildman–Crippen LogP) is 2.90. The first-order valence-corrected chi connectivity index (χ1v) is 7.58. The van der Waals surface area contributed by atoms with E-state index in [0.29, 0.717) is 12.1 Å². The molecule has 2 aromatic rings. The summed E-state index contributed by atoms with van der Waals surface area (Å²) in [5.74, 6) is 0.698. The molecular formula is C16H15N3O2S. The third kappa shape index (κ3) is 3.23. The van der Waals surface area contributed by atoms with Gasteiger partial charge < -0.3 is 14.8 Å². The van der Waals surface area contributed by atoms with Crippen molar-refractivity contribution in [3.63, 3.8) is 0 Å². The molecule has 1 aliphatic heterocycles. The first-order chi connectivity index (χ1) is 10.8. The van der Waals surface area contributed by atoms with Crippen LogP contribution in [-0.2, 0) is 6.54 Å². The van der Waals surface area contributed by atoms with Crippen molar-refractivity contribution >= 4 is 29.9 Å². The first kappa shape index (κ1) is 14.5. The summed E-state index contributed by atoms with van der Waals surface area (Å²) < 4.78 is 8.07. The Labute approximate surface area is 132 Å². The summed E-state index contributed by atoms with van der Waals surface area (Å²) in [7, 11) is 1.63. The number of hydrogen-bond donors (Lipinski definition) is 2. The van der Waals surface area contributed by atoms with Crippen molar-refractivity contribution in [2.45, 2.75) is 11.4 Å². The monoisotopic (exact) mass is 313 g/mol. The third-order valence-electron chi connectivity index (χ3n) is 3.26. The van der Waals surface area contributed by atoms with Gasteiger partial charge in [-0.15, -0.1) is 0 Å². The predicted molar refractivity (Wildman–Crippen MR) is 87.8 cm³/mol. The van der Waals surface area contributed by atoms with E-state index < -0.39 is 0 Å². The van der Waals surface area contributed by atoms with Crippen molar-refractivity contribution < 1.29 is 9.53 Å². The summed E-state index contributed by atoms with van der Waals surface area (Å²) in [6, 6.07) is 13.1. The van der Waals surface area contributed by atoms with Gasteiger partial charge in [0.15, 0.2) is 0 Å². The van der Waals surface area contributed by atoms with Crippen LogP contribution in [0.5, 0.6) is 5.75 Å². The van der Waals surface area contributed by atoms with E-state index in [0.717, 1.165) is 21.9 Å². The number of hydrogen-bond acceptors (Lipinski definition) is 5. The molecule has 0 saturated carbocycles. The van der Waals surface area contributed by atoms with Crippen LogP contribution in [0.25, 0.3) is 0 Å². The van der Waals surface area contributed by atoms with Crippen molar-refractivity contribution in [3.8, 4) is 5.75 Å². The van der Waals surface area contributed by atoms with Gasteiger partial charge in [-0.05, 0) is 47.8 Å². The van der Waals surface area contributed by atoms with Crippen LogP contribution in [0.3, 0.4) is 0 Å². The Morgan fingerprint density at radius 2 is 2.09 bits per heavy atom. The van der Waals surface area contributed by atoms with E-state index in [1.54, 1.807) is 19.5 Å². The number of amides is 1. The number of carbonyl (C=O) groups is 1. The van der Waals surface area contributed by atoms with Crippen molar-refractivity contribution in [2.24, 2.45) is 4.99 Å². The molecule has 3 rings (SSSR count). The fourth-order valence-electron chi connectivity index (χ4n) is 2.06. The number of methoxy groups -OCH3 is 1. The molecule has 1 heterocycles. The number of rotatable bonds is 4. The van der Waals surface area contributed by atoms with Crippen LogP contribution in [0.2, 0.25) is 0 Å². The Morgan fingerprint density at radius 3 is 2.86 bits per heavy atom. The molecule has 0 fully saturated rings. The molecule has 0 spiro atoms. The van der Waals surface area contributed by atoms with E-state index >= 15 is 0 Å². The number of nitrogens with one attached hydrogen (secondary N) is 2. The fraction of sp³-hybridized carbons (Fsp3) is 0.125. The second-order valence-electron chi connectivity index (χ2n) is 4.69. The molecule has 112 valence electrons. The van der Waals surface area contributed by atoms with Crippen molar-refractivity contribution in [3.05, 3.63) is 53.6 Å². The zero-order valence-corrected chi connectivity index (χ0v) is 12.8. The average Bonchev–Trinajstić information content (AvgIpc) is 2.59. The van der Waals surface area contributed by atoms with E-state index in [1.165, 1.54) is 11.9 Å². The average molecular weight is 313 g/mol. The number of carbonyl (C=O) groups excluding carboxylic acids is 1. The van der Waals surface area contributed by atoms with Crippen LogP contribution >= 0.6 is 11.9 Å². The van der Waals surface area contributed by atoms with Gasteiger partial charge in [0.25, 0.3) is 5.91 Å². The van der Waals surface area contributed by atoms with Gasteiger partial charge in [-0.25, -0.2) is 4.99 Å². The smallest absolute Gasteiger partial charge is 0.251 e. The summed E-state index contributed by atoms with van der Waals surface area (Å²) in [5, 5.41) is 2.91. The molecule has 0 bridgehead atoms. The summed E-state index contributed by atoms with van der Waals surface area (Å²) in [5.41, 5.74) is 2.52.